The quantitative estimate of drug-likeness (QED) is 0.713. The molecule has 0 aliphatic carbocycles. The van der Waals surface area contributed by atoms with Crippen molar-refractivity contribution in [2.75, 3.05) is 12.3 Å². The average molecular weight is 317 g/mol. The summed E-state index contributed by atoms with van der Waals surface area (Å²) in [4.78, 5) is 30.4. The highest BCUT2D eigenvalue weighted by Crippen LogP contribution is 2.14. The van der Waals surface area contributed by atoms with Gasteiger partial charge in [-0.2, -0.15) is 13.2 Å². The molecule has 1 rings (SSSR count). The molecule has 0 aromatic heterocycles. The SMILES string of the molecule is O=C(O)C(F)(F)F.O=C(O)CCSC(=O)[C@@H]1CCCN1. The molecule has 1 heterocycles. The molecule has 0 saturated carbocycles. The van der Waals surface area contributed by atoms with Gasteiger partial charge in [0.2, 0.25) is 5.12 Å². The number of carboxylic acid groups (broad SMARTS) is 2. The zero-order chi connectivity index (χ0) is 15.8. The van der Waals surface area contributed by atoms with Gasteiger partial charge in [-0.05, 0) is 19.4 Å². The maximum atomic E-state index is 11.3. The van der Waals surface area contributed by atoms with E-state index in [4.69, 9.17) is 15.0 Å². The van der Waals surface area contributed by atoms with Crippen molar-refractivity contribution in [2.45, 2.75) is 31.5 Å². The summed E-state index contributed by atoms with van der Waals surface area (Å²) in [6.45, 7) is 0.899. The second kappa shape index (κ2) is 8.80. The monoisotopic (exact) mass is 317 g/mol. The van der Waals surface area contributed by atoms with Crippen molar-refractivity contribution in [3.05, 3.63) is 0 Å². The lowest BCUT2D eigenvalue weighted by molar-refractivity contribution is -0.192. The number of carboxylic acids is 2. The van der Waals surface area contributed by atoms with E-state index in [0.29, 0.717) is 5.75 Å². The van der Waals surface area contributed by atoms with Crippen molar-refractivity contribution in [1.82, 2.24) is 5.32 Å². The molecule has 10 heteroatoms. The second-order valence-corrected chi connectivity index (χ2v) is 4.86. The number of halogens is 3. The van der Waals surface area contributed by atoms with Gasteiger partial charge in [-0.3, -0.25) is 9.59 Å². The molecule has 6 nitrogen and oxygen atoms in total. The predicted molar refractivity (Wildman–Crippen MR) is 64.4 cm³/mol. The van der Waals surface area contributed by atoms with E-state index in [1.54, 1.807) is 0 Å². The van der Waals surface area contributed by atoms with E-state index >= 15 is 0 Å². The lowest BCUT2D eigenvalue weighted by atomic mass is 10.2. The highest BCUT2D eigenvalue weighted by molar-refractivity contribution is 8.13. The summed E-state index contributed by atoms with van der Waals surface area (Å²) in [7, 11) is 0. The van der Waals surface area contributed by atoms with E-state index in [0.717, 1.165) is 31.1 Å². The summed E-state index contributed by atoms with van der Waals surface area (Å²) < 4.78 is 31.7. The first kappa shape index (κ1) is 18.7. The Morgan fingerprint density at radius 1 is 1.25 bits per heavy atom. The largest absolute Gasteiger partial charge is 0.490 e. The Hall–Kier alpha value is -1.29. The topological polar surface area (TPSA) is 104 Å². The number of hydrogen-bond donors (Lipinski definition) is 3. The molecule has 20 heavy (non-hydrogen) atoms. The summed E-state index contributed by atoms with van der Waals surface area (Å²) in [6.07, 6.45) is -3.10. The third-order valence-corrected chi connectivity index (χ3v) is 3.12. The van der Waals surface area contributed by atoms with Crippen molar-refractivity contribution < 1.29 is 37.8 Å². The van der Waals surface area contributed by atoms with E-state index < -0.39 is 18.1 Å². The molecule has 3 N–H and O–H groups in total. The van der Waals surface area contributed by atoms with Crippen molar-refractivity contribution in [3.8, 4) is 0 Å². The Balaban J connectivity index is 0.000000441. The number of alkyl halides is 3. The second-order valence-electron chi connectivity index (χ2n) is 3.76. The summed E-state index contributed by atoms with van der Waals surface area (Å²) >= 11 is 1.12. The number of rotatable bonds is 4. The number of thioether (sulfide) groups is 1. The summed E-state index contributed by atoms with van der Waals surface area (Å²) in [6, 6.07) is -0.0428. The van der Waals surface area contributed by atoms with Crippen LogP contribution < -0.4 is 5.32 Å². The van der Waals surface area contributed by atoms with Crippen LogP contribution >= 0.6 is 11.8 Å². The van der Waals surface area contributed by atoms with Gasteiger partial charge in [-0.15, -0.1) is 0 Å². The van der Waals surface area contributed by atoms with Gasteiger partial charge in [0.15, 0.2) is 0 Å². The highest BCUT2D eigenvalue weighted by Gasteiger charge is 2.38. The first-order chi connectivity index (χ1) is 9.14. The molecule has 1 aliphatic rings. The highest BCUT2D eigenvalue weighted by atomic mass is 32.2. The number of hydrogen-bond acceptors (Lipinski definition) is 5. The Morgan fingerprint density at radius 3 is 2.15 bits per heavy atom. The molecular weight excluding hydrogens is 303 g/mol. The van der Waals surface area contributed by atoms with Gasteiger partial charge >= 0.3 is 18.1 Å². The number of carbonyl (C=O) groups is 3. The van der Waals surface area contributed by atoms with Gasteiger partial charge in [-0.25, -0.2) is 4.79 Å². The minimum atomic E-state index is -5.08. The molecule has 0 spiro atoms. The molecule has 116 valence electrons. The van der Waals surface area contributed by atoms with Gasteiger partial charge < -0.3 is 15.5 Å². The van der Waals surface area contributed by atoms with Gasteiger partial charge in [-0.1, -0.05) is 11.8 Å². The third kappa shape index (κ3) is 8.75. The van der Waals surface area contributed by atoms with Crippen LogP contribution in [0.15, 0.2) is 0 Å². The summed E-state index contributed by atoms with van der Waals surface area (Å²) in [5.74, 6) is -3.22. The fourth-order valence-corrected chi connectivity index (χ4v) is 2.11. The fraction of sp³-hybridized carbons (Fsp3) is 0.700. The van der Waals surface area contributed by atoms with Gasteiger partial charge in [0.1, 0.15) is 0 Å². The molecule has 0 bridgehead atoms. The van der Waals surface area contributed by atoms with Crippen molar-refractivity contribution >= 4 is 28.8 Å². The first-order valence-electron chi connectivity index (χ1n) is 5.56. The van der Waals surface area contributed by atoms with Crippen LogP contribution in [0, 0.1) is 0 Å². The van der Waals surface area contributed by atoms with Gasteiger partial charge in [0, 0.05) is 5.75 Å². The lowest BCUT2D eigenvalue weighted by Crippen LogP contribution is -2.28. The summed E-state index contributed by atoms with van der Waals surface area (Å²) in [5, 5.41) is 18.6. The van der Waals surface area contributed by atoms with Crippen LogP contribution in [0.3, 0.4) is 0 Å². The summed E-state index contributed by atoms with van der Waals surface area (Å²) in [5.41, 5.74) is 0. The van der Waals surface area contributed by atoms with Gasteiger partial charge in [0.25, 0.3) is 0 Å². The number of aliphatic carboxylic acids is 2. The van der Waals surface area contributed by atoms with E-state index in [9.17, 15) is 22.8 Å². The van der Waals surface area contributed by atoms with Crippen LogP contribution in [-0.2, 0) is 14.4 Å². The fourth-order valence-electron chi connectivity index (χ4n) is 1.23. The maximum Gasteiger partial charge on any atom is 0.490 e. The Labute approximate surface area is 116 Å². The lowest BCUT2D eigenvalue weighted by Gasteiger charge is -2.06. The average Bonchev–Trinajstić information content (AvgIpc) is 2.81. The zero-order valence-corrected chi connectivity index (χ0v) is 11.1. The van der Waals surface area contributed by atoms with Crippen LogP contribution in [-0.4, -0.2) is 51.8 Å². The Morgan fingerprint density at radius 2 is 1.80 bits per heavy atom. The predicted octanol–water partition coefficient (Wildman–Crippen LogP) is 1.11. The molecule has 1 atom stereocenters. The Bertz CT molecular complexity index is 355. The standard InChI is InChI=1S/C8H13NO3S.C2HF3O2/c10-7(11)3-5-13-8(12)6-2-1-4-9-6;3-2(4,5)1(6)7/h6,9H,1-5H2,(H,10,11);(H,6,7)/t6-;/m0./s1. The van der Waals surface area contributed by atoms with E-state index in [1.165, 1.54) is 0 Å². The molecule has 0 aromatic rings. The molecule has 1 saturated heterocycles. The minimum Gasteiger partial charge on any atom is -0.481 e. The molecule has 1 aliphatic heterocycles. The Kier molecular flexibility index (Phi) is 8.23. The molecule has 0 aromatic carbocycles. The maximum absolute atomic E-state index is 11.3. The number of carbonyl (C=O) groups excluding carboxylic acids is 1. The molecule has 0 unspecified atom stereocenters. The van der Waals surface area contributed by atoms with Crippen LogP contribution in [0.4, 0.5) is 13.2 Å². The van der Waals surface area contributed by atoms with E-state index in [2.05, 4.69) is 5.32 Å². The van der Waals surface area contributed by atoms with Crippen LogP contribution in [0.25, 0.3) is 0 Å². The van der Waals surface area contributed by atoms with Crippen LogP contribution in [0.5, 0.6) is 0 Å². The minimum absolute atomic E-state index is 0.0428. The first-order valence-corrected chi connectivity index (χ1v) is 6.55. The third-order valence-electron chi connectivity index (χ3n) is 2.15. The van der Waals surface area contributed by atoms with Crippen LogP contribution in [0.1, 0.15) is 19.3 Å². The van der Waals surface area contributed by atoms with Crippen molar-refractivity contribution in [1.29, 1.82) is 0 Å². The molecule has 0 amide bonds. The van der Waals surface area contributed by atoms with E-state index in [1.807, 2.05) is 0 Å². The number of nitrogens with one attached hydrogen (secondary N) is 1. The van der Waals surface area contributed by atoms with Crippen LogP contribution in [0.2, 0.25) is 0 Å². The molecule has 0 radical (unpaired) electrons. The molecular formula is C10H14F3NO5S. The zero-order valence-electron chi connectivity index (χ0n) is 10.3. The molecule has 1 fully saturated rings. The normalized spacial score (nSPS) is 18.1. The van der Waals surface area contributed by atoms with Gasteiger partial charge in [0.05, 0.1) is 12.5 Å². The smallest absolute Gasteiger partial charge is 0.481 e. The van der Waals surface area contributed by atoms with E-state index in [-0.39, 0.29) is 17.6 Å². The van der Waals surface area contributed by atoms with Crippen molar-refractivity contribution in [2.24, 2.45) is 0 Å². The van der Waals surface area contributed by atoms with Crippen molar-refractivity contribution in [3.63, 3.8) is 0 Å².